The molecule has 2 heterocycles. The van der Waals surface area contributed by atoms with Crippen molar-refractivity contribution >= 4 is 5.78 Å². The number of hydrogen-bond donors (Lipinski definition) is 1. The zero-order chi connectivity index (χ0) is 24.6. The van der Waals surface area contributed by atoms with E-state index < -0.39 is 24.3 Å². The minimum Gasteiger partial charge on any atom is -0.515 e. The van der Waals surface area contributed by atoms with Gasteiger partial charge < -0.3 is 24.1 Å². The summed E-state index contributed by atoms with van der Waals surface area (Å²) in [5, 5.41) is 9.94. The van der Waals surface area contributed by atoms with Crippen molar-refractivity contribution in [3.8, 4) is 5.75 Å². The number of carbonyl (C=O) groups excluding carboxylic acids is 1. The van der Waals surface area contributed by atoms with Crippen LogP contribution in [0.2, 0.25) is 0 Å². The molecule has 1 N–H and O–H groups in total. The Kier molecular flexibility index (Phi) is 6.19. The second kappa shape index (κ2) is 9.30. The Balaban J connectivity index is 1.54. The standard InChI is InChI=1S/C29H28O6/c1-18-10-4-6-12-20(18)27-28(21-13-7-5-11-19(21)2)35-29(32-3,34-27)16-25-23(17-30)26(31)22-14-8-9-15-24(22)33-25/h4-15,17,25,27-28,30H,16H2,1-3H3/b23-17-/t25-,27+,28+/m1/s1. The van der Waals surface area contributed by atoms with Crippen LogP contribution in [-0.2, 0) is 14.2 Å². The average molecular weight is 473 g/mol. The topological polar surface area (TPSA) is 74.2 Å². The van der Waals surface area contributed by atoms with E-state index in [9.17, 15) is 9.90 Å². The van der Waals surface area contributed by atoms with Gasteiger partial charge >= 0.3 is 0 Å². The van der Waals surface area contributed by atoms with Gasteiger partial charge in [0.1, 0.15) is 24.1 Å². The minimum absolute atomic E-state index is 0.0424. The van der Waals surface area contributed by atoms with Crippen LogP contribution in [0.3, 0.4) is 0 Å². The fraction of sp³-hybridized carbons (Fsp3) is 0.276. The van der Waals surface area contributed by atoms with Gasteiger partial charge in [0.25, 0.3) is 5.97 Å². The molecule has 0 aliphatic carbocycles. The van der Waals surface area contributed by atoms with E-state index in [0.29, 0.717) is 11.3 Å². The first-order valence-corrected chi connectivity index (χ1v) is 11.6. The zero-order valence-corrected chi connectivity index (χ0v) is 19.9. The molecule has 1 saturated heterocycles. The normalized spacial score (nSPS) is 24.3. The number of benzene rings is 3. The molecule has 0 bridgehead atoms. The number of hydrogen-bond acceptors (Lipinski definition) is 6. The third-order valence-electron chi connectivity index (χ3n) is 6.77. The molecule has 0 unspecified atom stereocenters. The summed E-state index contributed by atoms with van der Waals surface area (Å²) in [6, 6.07) is 23.0. The van der Waals surface area contributed by atoms with E-state index in [-0.39, 0.29) is 17.8 Å². The fourth-order valence-corrected chi connectivity index (χ4v) is 4.88. The molecule has 35 heavy (non-hydrogen) atoms. The number of rotatable bonds is 5. The third-order valence-corrected chi connectivity index (χ3v) is 6.77. The van der Waals surface area contributed by atoms with Crippen LogP contribution in [0.1, 0.15) is 51.2 Å². The molecule has 1 fully saturated rings. The van der Waals surface area contributed by atoms with Gasteiger partial charge in [0, 0.05) is 7.11 Å². The lowest BCUT2D eigenvalue weighted by Gasteiger charge is -2.33. The van der Waals surface area contributed by atoms with Crippen molar-refractivity contribution in [1.82, 2.24) is 0 Å². The van der Waals surface area contributed by atoms with E-state index in [4.69, 9.17) is 18.9 Å². The maximum absolute atomic E-state index is 13.1. The van der Waals surface area contributed by atoms with E-state index in [1.165, 1.54) is 7.11 Å². The highest BCUT2D eigenvalue weighted by Crippen LogP contribution is 2.51. The van der Waals surface area contributed by atoms with Gasteiger partial charge in [-0.05, 0) is 48.2 Å². The van der Waals surface area contributed by atoms with Crippen LogP contribution in [0.4, 0.5) is 0 Å². The highest BCUT2D eigenvalue weighted by molar-refractivity contribution is 6.12. The fourth-order valence-electron chi connectivity index (χ4n) is 4.88. The van der Waals surface area contributed by atoms with E-state index in [0.717, 1.165) is 28.5 Å². The number of methoxy groups -OCH3 is 1. The predicted octanol–water partition coefficient (Wildman–Crippen LogP) is 5.91. The van der Waals surface area contributed by atoms with Gasteiger partial charge in [-0.2, -0.15) is 0 Å². The van der Waals surface area contributed by atoms with Crippen molar-refractivity contribution in [1.29, 1.82) is 0 Å². The van der Waals surface area contributed by atoms with Crippen molar-refractivity contribution in [2.75, 3.05) is 7.11 Å². The van der Waals surface area contributed by atoms with Crippen molar-refractivity contribution in [3.63, 3.8) is 0 Å². The van der Waals surface area contributed by atoms with E-state index in [1.807, 2.05) is 62.4 Å². The first-order valence-electron chi connectivity index (χ1n) is 11.6. The van der Waals surface area contributed by atoms with Gasteiger partial charge in [-0.15, -0.1) is 0 Å². The lowest BCUT2D eigenvalue weighted by Crippen LogP contribution is -2.42. The second-order valence-electron chi connectivity index (χ2n) is 8.90. The first-order chi connectivity index (χ1) is 17.0. The highest BCUT2D eigenvalue weighted by atomic mass is 16.9. The number of fused-ring (bicyclic) bond motifs is 1. The highest BCUT2D eigenvalue weighted by Gasteiger charge is 2.53. The Morgan fingerprint density at radius 3 is 1.97 bits per heavy atom. The number of ether oxygens (including phenoxy) is 4. The smallest absolute Gasteiger partial charge is 0.288 e. The van der Waals surface area contributed by atoms with Crippen LogP contribution >= 0.6 is 0 Å². The molecule has 3 atom stereocenters. The summed E-state index contributed by atoms with van der Waals surface area (Å²) in [6.07, 6.45) is -0.883. The van der Waals surface area contributed by atoms with Gasteiger partial charge in [0.05, 0.1) is 23.8 Å². The largest absolute Gasteiger partial charge is 0.515 e. The molecule has 6 heteroatoms. The third kappa shape index (κ3) is 4.14. The molecule has 0 spiro atoms. The Morgan fingerprint density at radius 1 is 0.886 bits per heavy atom. The summed E-state index contributed by atoms with van der Waals surface area (Å²) >= 11 is 0. The summed E-state index contributed by atoms with van der Waals surface area (Å²) in [6.45, 7) is 4.07. The molecule has 2 aliphatic rings. The van der Waals surface area contributed by atoms with E-state index >= 15 is 0 Å². The number of aryl methyl sites for hydroxylation is 2. The van der Waals surface area contributed by atoms with Crippen LogP contribution in [0, 0.1) is 13.8 Å². The molecule has 180 valence electrons. The average Bonchev–Trinajstić information content (AvgIpc) is 3.24. The Bertz CT molecular complexity index is 1230. The molecule has 5 rings (SSSR count). The molecule has 0 aromatic heterocycles. The van der Waals surface area contributed by atoms with E-state index in [1.54, 1.807) is 24.3 Å². The maximum Gasteiger partial charge on any atom is 0.288 e. The minimum atomic E-state index is -1.51. The Labute approximate surface area is 204 Å². The van der Waals surface area contributed by atoms with Crippen molar-refractivity contribution in [2.45, 2.75) is 44.6 Å². The summed E-state index contributed by atoms with van der Waals surface area (Å²) in [4.78, 5) is 13.1. The molecule has 0 amide bonds. The monoisotopic (exact) mass is 472 g/mol. The number of aliphatic hydroxyl groups excluding tert-OH is 1. The Morgan fingerprint density at radius 2 is 1.43 bits per heavy atom. The summed E-state index contributed by atoms with van der Waals surface area (Å²) in [7, 11) is 1.51. The molecule has 3 aromatic carbocycles. The van der Waals surface area contributed by atoms with Crippen LogP contribution in [0.25, 0.3) is 0 Å². The van der Waals surface area contributed by atoms with Gasteiger partial charge in [-0.3, -0.25) is 4.79 Å². The second-order valence-corrected chi connectivity index (χ2v) is 8.90. The molecular formula is C29H28O6. The maximum atomic E-state index is 13.1. The number of carbonyl (C=O) groups is 1. The molecular weight excluding hydrogens is 444 g/mol. The molecule has 3 aromatic rings. The number of aliphatic hydroxyl groups is 1. The predicted molar refractivity (Wildman–Crippen MR) is 130 cm³/mol. The number of Topliss-reactive ketones (excluding diaryl/α,β-unsaturated/α-hetero) is 1. The van der Waals surface area contributed by atoms with Crippen LogP contribution in [-0.4, -0.2) is 30.1 Å². The number of ketones is 1. The molecule has 0 saturated carbocycles. The van der Waals surface area contributed by atoms with Crippen LogP contribution < -0.4 is 4.74 Å². The lowest BCUT2D eigenvalue weighted by molar-refractivity contribution is -0.339. The van der Waals surface area contributed by atoms with Crippen LogP contribution in [0.15, 0.2) is 84.6 Å². The molecule has 6 nitrogen and oxygen atoms in total. The molecule has 2 aliphatic heterocycles. The van der Waals surface area contributed by atoms with Crippen molar-refractivity contribution in [3.05, 3.63) is 112 Å². The Hall–Kier alpha value is -3.45. The first kappa shape index (κ1) is 23.3. The summed E-state index contributed by atoms with van der Waals surface area (Å²) in [5.74, 6) is -1.36. The summed E-state index contributed by atoms with van der Waals surface area (Å²) in [5.41, 5.74) is 4.65. The lowest BCUT2D eigenvalue weighted by atomic mass is 9.93. The van der Waals surface area contributed by atoms with Gasteiger partial charge in [0.15, 0.2) is 5.78 Å². The number of para-hydroxylation sites is 1. The van der Waals surface area contributed by atoms with Crippen molar-refractivity contribution in [2.24, 2.45) is 0 Å². The van der Waals surface area contributed by atoms with Gasteiger partial charge in [-0.25, -0.2) is 0 Å². The van der Waals surface area contributed by atoms with E-state index in [2.05, 4.69) is 0 Å². The van der Waals surface area contributed by atoms with Gasteiger partial charge in [-0.1, -0.05) is 60.7 Å². The SMILES string of the molecule is COC1(C[C@H]2Oc3ccccc3C(=O)/C2=C\O)O[C@@H](c2ccccc2C)[C@H](c2ccccc2C)O1. The summed E-state index contributed by atoms with van der Waals surface area (Å²) < 4.78 is 25.1. The quantitative estimate of drug-likeness (QED) is 0.368. The van der Waals surface area contributed by atoms with Gasteiger partial charge in [0.2, 0.25) is 0 Å². The van der Waals surface area contributed by atoms with Crippen molar-refractivity contribution < 1.29 is 28.8 Å². The van der Waals surface area contributed by atoms with Crippen LogP contribution in [0.5, 0.6) is 5.75 Å². The molecule has 0 radical (unpaired) electrons. The zero-order valence-electron chi connectivity index (χ0n) is 19.9.